The molecule has 2 heterocycles. The average Bonchev–Trinajstić information content (AvgIpc) is 3.02. The lowest BCUT2D eigenvalue weighted by molar-refractivity contribution is 0.0741. The molecule has 0 spiro atoms. The molecule has 0 saturated carbocycles. The molecular formula is C14H15FN4O. The first-order valence-electron chi connectivity index (χ1n) is 6.53. The number of aromatic nitrogens is 2. The third-order valence-electron chi connectivity index (χ3n) is 3.49. The van der Waals surface area contributed by atoms with Gasteiger partial charge in [0.2, 0.25) is 0 Å². The van der Waals surface area contributed by atoms with E-state index in [0.717, 1.165) is 18.8 Å². The summed E-state index contributed by atoms with van der Waals surface area (Å²) in [5.74, 6) is -0.261. The van der Waals surface area contributed by atoms with Crippen molar-refractivity contribution in [2.24, 2.45) is 0 Å². The summed E-state index contributed by atoms with van der Waals surface area (Å²) in [7, 11) is 0. The number of rotatable bonds is 2. The van der Waals surface area contributed by atoms with Crippen LogP contribution >= 0.6 is 0 Å². The molecule has 1 amide bonds. The van der Waals surface area contributed by atoms with Gasteiger partial charge in [-0.25, -0.2) is 4.39 Å². The predicted molar refractivity (Wildman–Crippen MR) is 73.1 cm³/mol. The van der Waals surface area contributed by atoms with E-state index in [0.29, 0.717) is 18.8 Å². The Morgan fingerprint density at radius 2 is 1.80 bits per heavy atom. The van der Waals surface area contributed by atoms with Gasteiger partial charge >= 0.3 is 0 Å². The second-order valence-electron chi connectivity index (χ2n) is 4.73. The summed E-state index contributed by atoms with van der Waals surface area (Å²) in [5, 5.41) is 6.48. The molecule has 104 valence electrons. The number of hydrogen-bond donors (Lipinski definition) is 1. The van der Waals surface area contributed by atoms with Crippen molar-refractivity contribution in [3.8, 4) is 0 Å². The lowest BCUT2D eigenvalue weighted by Crippen LogP contribution is -2.48. The summed E-state index contributed by atoms with van der Waals surface area (Å²) in [4.78, 5) is 16.1. The van der Waals surface area contributed by atoms with Gasteiger partial charge in [-0.05, 0) is 30.3 Å². The van der Waals surface area contributed by atoms with E-state index in [4.69, 9.17) is 0 Å². The molecule has 0 radical (unpaired) electrons. The van der Waals surface area contributed by atoms with E-state index in [1.165, 1.54) is 12.1 Å². The van der Waals surface area contributed by atoms with Crippen LogP contribution < -0.4 is 4.90 Å². The monoisotopic (exact) mass is 274 g/mol. The molecule has 1 aliphatic heterocycles. The number of nitrogens with one attached hydrogen (secondary N) is 1. The van der Waals surface area contributed by atoms with Crippen molar-refractivity contribution in [3.05, 3.63) is 48.0 Å². The summed E-state index contributed by atoms with van der Waals surface area (Å²) in [6, 6.07) is 8.12. The van der Waals surface area contributed by atoms with E-state index in [2.05, 4.69) is 15.1 Å². The van der Waals surface area contributed by atoms with Gasteiger partial charge in [-0.3, -0.25) is 9.89 Å². The smallest absolute Gasteiger partial charge is 0.271 e. The zero-order valence-electron chi connectivity index (χ0n) is 10.9. The molecule has 20 heavy (non-hydrogen) atoms. The largest absolute Gasteiger partial charge is 0.368 e. The Balaban J connectivity index is 1.62. The van der Waals surface area contributed by atoms with Crippen molar-refractivity contribution in [2.75, 3.05) is 31.1 Å². The van der Waals surface area contributed by atoms with Gasteiger partial charge in [-0.2, -0.15) is 5.10 Å². The fraction of sp³-hybridized carbons (Fsp3) is 0.286. The zero-order chi connectivity index (χ0) is 13.9. The van der Waals surface area contributed by atoms with Gasteiger partial charge in [0, 0.05) is 38.1 Å². The first kappa shape index (κ1) is 12.7. The molecule has 2 aromatic rings. The van der Waals surface area contributed by atoms with E-state index in [1.807, 2.05) is 0 Å². The number of H-pyrrole nitrogens is 1. The van der Waals surface area contributed by atoms with Crippen LogP contribution in [-0.4, -0.2) is 47.2 Å². The summed E-state index contributed by atoms with van der Waals surface area (Å²) in [6.45, 7) is 2.78. The molecule has 0 unspecified atom stereocenters. The van der Waals surface area contributed by atoms with Crippen LogP contribution in [0.4, 0.5) is 10.1 Å². The minimum Gasteiger partial charge on any atom is -0.368 e. The molecule has 1 N–H and O–H groups in total. The molecule has 0 aliphatic carbocycles. The lowest BCUT2D eigenvalue weighted by atomic mass is 10.2. The summed E-state index contributed by atoms with van der Waals surface area (Å²) < 4.78 is 12.9. The van der Waals surface area contributed by atoms with Gasteiger partial charge in [-0.15, -0.1) is 0 Å². The van der Waals surface area contributed by atoms with Crippen LogP contribution in [0.2, 0.25) is 0 Å². The highest BCUT2D eigenvalue weighted by Crippen LogP contribution is 2.17. The third kappa shape index (κ3) is 2.49. The molecule has 1 fully saturated rings. The highest BCUT2D eigenvalue weighted by atomic mass is 19.1. The summed E-state index contributed by atoms with van der Waals surface area (Å²) in [6.07, 6.45) is 1.57. The minimum absolute atomic E-state index is 0.0266. The number of carbonyl (C=O) groups is 1. The van der Waals surface area contributed by atoms with E-state index >= 15 is 0 Å². The van der Waals surface area contributed by atoms with Crippen molar-refractivity contribution < 1.29 is 9.18 Å². The normalized spacial score (nSPS) is 15.4. The van der Waals surface area contributed by atoms with Crippen molar-refractivity contribution in [3.63, 3.8) is 0 Å². The molecule has 1 saturated heterocycles. The van der Waals surface area contributed by atoms with Gasteiger partial charge < -0.3 is 9.80 Å². The molecule has 1 aliphatic rings. The quantitative estimate of drug-likeness (QED) is 0.903. The van der Waals surface area contributed by atoms with E-state index in [1.54, 1.807) is 29.3 Å². The molecule has 3 rings (SSSR count). The first-order chi connectivity index (χ1) is 9.74. The number of halogens is 1. The number of aromatic amines is 1. The highest BCUT2D eigenvalue weighted by Gasteiger charge is 2.22. The predicted octanol–water partition coefficient (Wildman–Crippen LogP) is 1.51. The molecule has 1 aromatic carbocycles. The Morgan fingerprint density at radius 3 is 2.40 bits per heavy atom. The number of carbonyl (C=O) groups excluding carboxylic acids is 1. The Kier molecular flexibility index (Phi) is 3.37. The molecule has 5 nitrogen and oxygen atoms in total. The number of nitrogens with zero attached hydrogens (tertiary/aromatic N) is 3. The molecule has 0 bridgehead atoms. The van der Waals surface area contributed by atoms with Crippen LogP contribution in [0.25, 0.3) is 0 Å². The van der Waals surface area contributed by atoms with Crippen LogP contribution in [0.15, 0.2) is 36.5 Å². The van der Waals surface area contributed by atoms with E-state index < -0.39 is 0 Å². The molecule has 1 aromatic heterocycles. The fourth-order valence-electron chi connectivity index (χ4n) is 2.36. The highest BCUT2D eigenvalue weighted by molar-refractivity contribution is 5.92. The third-order valence-corrected chi connectivity index (χ3v) is 3.49. The Morgan fingerprint density at radius 1 is 1.10 bits per heavy atom. The van der Waals surface area contributed by atoms with Crippen LogP contribution in [-0.2, 0) is 0 Å². The van der Waals surface area contributed by atoms with Gasteiger partial charge in [0.15, 0.2) is 0 Å². The van der Waals surface area contributed by atoms with Crippen LogP contribution in [0.3, 0.4) is 0 Å². The van der Waals surface area contributed by atoms with Crippen molar-refractivity contribution in [1.82, 2.24) is 15.1 Å². The Bertz CT molecular complexity index is 574. The second kappa shape index (κ2) is 5.32. The van der Waals surface area contributed by atoms with Gasteiger partial charge in [0.05, 0.1) is 0 Å². The van der Waals surface area contributed by atoms with Crippen LogP contribution in [0.5, 0.6) is 0 Å². The van der Waals surface area contributed by atoms with Crippen molar-refractivity contribution in [2.45, 2.75) is 0 Å². The first-order valence-corrected chi connectivity index (χ1v) is 6.53. The number of hydrogen-bond acceptors (Lipinski definition) is 3. The number of amides is 1. The fourth-order valence-corrected chi connectivity index (χ4v) is 2.36. The van der Waals surface area contributed by atoms with Crippen LogP contribution in [0.1, 0.15) is 10.5 Å². The molecule has 6 heteroatoms. The minimum atomic E-state index is -0.234. The topological polar surface area (TPSA) is 52.2 Å². The maximum absolute atomic E-state index is 12.9. The number of benzene rings is 1. The molecular weight excluding hydrogens is 259 g/mol. The number of piperazine rings is 1. The van der Waals surface area contributed by atoms with Gasteiger partial charge in [0.25, 0.3) is 5.91 Å². The standard InChI is InChI=1S/C14H15FN4O/c15-11-1-3-12(4-2-11)18-7-9-19(10-8-18)14(20)13-5-6-16-17-13/h1-6H,7-10H2,(H,16,17). The Labute approximate surface area is 116 Å². The van der Waals surface area contributed by atoms with Crippen LogP contribution in [0, 0.1) is 5.82 Å². The summed E-state index contributed by atoms with van der Waals surface area (Å²) >= 11 is 0. The maximum Gasteiger partial charge on any atom is 0.271 e. The Hall–Kier alpha value is -2.37. The van der Waals surface area contributed by atoms with E-state index in [9.17, 15) is 9.18 Å². The maximum atomic E-state index is 12.9. The SMILES string of the molecule is O=C(c1ccn[nH]1)N1CCN(c2ccc(F)cc2)CC1. The van der Waals surface area contributed by atoms with Crippen molar-refractivity contribution in [1.29, 1.82) is 0 Å². The van der Waals surface area contributed by atoms with Gasteiger partial charge in [-0.1, -0.05) is 0 Å². The van der Waals surface area contributed by atoms with Gasteiger partial charge in [0.1, 0.15) is 11.5 Å². The number of anilines is 1. The lowest BCUT2D eigenvalue weighted by Gasteiger charge is -2.35. The average molecular weight is 274 g/mol. The summed E-state index contributed by atoms with van der Waals surface area (Å²) in [5.41, 5.74) is 1.50. The zero-order valence-corrected chi connectivity index (χ0v) is 10.9. The molecule has 0 atom stereocenters. The van der Waals surface area contributed by atoms with E-state index in [-0.39, 0.29) is 11.7 Å². The second-order valence-corrected chi connectivity index (χ2v) is 4.73. The van der Waals surface area contributed by atoms with Crippen molar-refractivity contribution >= 4 is 11.6 Å².